The van der Waals surface area contributed by atoms with Gasteiger partial charge in [0.15, 0.2) is 5.65 Å². The minimum Gasteiger partial charge on any atom is -0.390 e. The van der Waals surface area contributed by atoms with Gasteiger partial charge in [0.05, 0.1) is 30.1 Å². The third-order valence-corrected chi connectivity index (χ3v) is 6.94. The van der Waals surface area contributed by atoms with Crippen LogP contribution >= 0.6 is 0 Å². The van der Waals surface area contributed by atoms with Gasteiger partial charge in [0, 0.05) is 18.7 Å². The molecule has 1 saturated carbocycles. The molecule has 0 unspecified atom stereocenters. The Balaban J connectivity index is 1.41. The molecule has 0 amide bonds. The average Bonchev–Trinajstić information content (AvgIpc) is 3.42. The van der Waals surface area contributed by atoms with Crippen molar-refractivity contribution >= 4 is 28.7 Å². The van der Waals surface area contributed by atoms with Gasteiger partial charge in [-0.05, 0) is 64.0 Å². The molecule has 2 aromatic heterocycles. The molecule has 182 valence electrons. The van der Waals surface area contributed by atoms with Crippen LogP contribution in [-0.2, 0) is 4.74 Å². The molecule has 1 aliphatic carbocycles. The molecule has 2 fully saturated rings. The second kappa shape index (κ2) is 9.07. The lowest BCUT2D eigenvalue weighted by molar-refractivity contribution is -0.000414. The number of aromatic nitrogens is 4. The van der Waals surface area contributed by atoms with Crippen molar-refractivity contribution in [3.05, 3.63) is 36.0 Å². The summed E-state index contributed by atoms with van der Waals surface area (Å²) in [7, 11) is 0. The number of halogens is 2. The zero-order chi connectivity index (χ0) is 23.9. The van der Waals surface area contributed by atoms with Crippen LogP contribution < -0.4 is 10.6 Å². The molecule has 0 radical (unpaired) electrons. The van der Waals surface area contributed by atoms with E-state index in [0.717, 1.165) is 38.2 Å². The summed E-state index contributed by atoms with van der Waals surface area (Å²) >= 11 is 0. The number of fused-ring (bicyclic) bond motifs is 1. The highest BCUT2D eigenvalue weighted by atomic mass is 19.1. The topological polar surface area (TPSA) is 97.1 Å². The second-order valence-corrected chi connectivity index (χ2v) is 9.82. The Morgan fingerprint density at radius 3 is 2.59 bits per heavy atom. The van der Waals surface area contributed by atoms with Gasteiger partial charge in [-0.25, -0.2) is 18.7 Å². The summed E-state index contributed by atoms with van der Waals surface area (Å²) in [5, 5.41) is 16.7. The molecule has 1 aliphatic heterocycles. The SMILES string of the molecule is CC(C)(O)C1CCC(Nc2ncc3nc(Nc4ccc(F)cc4F)n([C@@H]4CCOC4)c3n2)CC1. The van der Waals surface area contributed by atoms with E-state index >= 15 is 0 Å². The van der Waals surface area contributed by atoms with Gasteiger partial charge >= 0.3 is 0 Å². The lowest BCUT2D eigenvalue weighted by Gasteiger charge is -2.36. The monoisotopic (exact) mass is 472 g/mol. The first-order chi connectivity index (χ1) is 16.3. The Hall–Kier alpha value is -2.85. The Kier molecular flexibility index (Phi) is 6.11. The molecule has 1 saturated heterocycles. The predicted molar refractivity (Wildman–Crippen MR) is 125 cm³/mol. The molecule has 0 bridgehead atoms. The molecule has 3 aromatic rings. The summed E-state index contributed by atoms with van der Waals surface area (Å²) in [6.07, 6.45) is 6.19. The number of benzene rings is 1. The number of rotatable bonds is 6. The van der Waals surface area contributed by atoms with E-state index in [0.29, 0.717) is 42.2 Å². The number of hydrogen-bond donors (Lipinski definition) is 3. The van der Waals surface area contributed by atoms with Gasteiger partial charge in [0.25, 0.3) is 0 Å². The summed E-state index contributed by atoms with van der Waals surface area (Å²) < 4.78 is 35.2. The molecular formula is C24H30F2N6O2. The molecule has 10 heteroatoms. The summed E-state index contributed by atoms with van der Waals surface area (Å²) in [4.78, 5) is 13.8. The largest absolute Gasteiger partial charge is 0.390 e. The highest BCUT2D eigenvalue weighted by Gasteiger charge is 2.32. The summed E-state index contributed by atoms with van der Waals surface area (Å²) in [6.45, 7) is 4.87. The standard InChI is InChI=1S/C24H30F2N6O2/c1-24(2,33)14-3-6-16(7-4-14)28-22-27-12-20-21(31-22)32(17-9-10-34-13-17)23(30-20)29-19-8-5-15(25)11-18(19)26/h5,8,11-12,14,16-17,33H,3-4,6-7,9-10,13H2,1-2H3,(H,29,30)(H,27,28,31)/t14?,16?,17-/m1/s1. The van der Waals surface area contributed by atoms with E-state index in [4.69, 9.17) is 9.72 Å². The van der Waals surface area contributed by atoms with Crippen molar-refractivity contribution in [3.63, 3.8) is 0 Å². The normalized spacial score (nSPS) is 23.4. The Bertz CT molecular complexity index is 1160. The first-order valence-electron chi connectivity index (χ1n) is 11.8. The van der Waals surface area contributed by atoms with E-state index in [1.165, 1.54) is 12.1 Å². The zero-order valence-corrected chi connectivity index (χ0v) is 19.4. The fourth-order valence-electron chi connectivity index (χ4n) is 4.96. The fraction of sp³-hybridized carbons (Fsp3) is 0.542. The second-order valence-electron chi connectivity index (χ2n) is 9.82. The van der Waals surface area contributed by atoms with Crippen LogP contribution in [0.4, 0.5) is 26.4 Å². The quantitative estimate of drug-likeness (QED) is 0.484. The molecule has 34 heavy (non-hydrogen) atoms. The highest BCUT2D eigenvalue weighted by molar-refractivity contribution is 5.76. The third-order valence-electron chi connectivity index (χ3n) is 6.94. The molecule has 2 aliphatic rings. The van der Waals surface area contributed by atoms with E-state index in [1.807, 2.05) is 18.4 Å². The summed E-state index contributed by atoms with van der Waals surface area (Å²) in [5.74, 6) is -0.125. The van der Waals surface area contributed by atoms with Gasteiger partial charge in [-0.1, -0.05) is 0 Å². The van der Waals surface area contributed by atoms with Crippen LogP contribution in [-0.4, -0.2) is 49.5 Å². The van der Waals surface area contributed by atoms with E-state index < -0.39 is 17.2 Å². The molecule has 8 nitrogen and oxygen atoms in total. The van der Waals surface area contributed by atoms with Crippen molar-refractivity contribution in [2.75, 3.05) is 23.8 Å². The molecular weight excluding hydrogens is 442 g/mol. The molecule has 1 aromatic carbocycles. The molecule has 3 N–H and O–H groups in total. The number of imidazole rings is 1. The van der Waals surface area contributed by atoms with Crippen LogP contribution in [0.25, 0.3) is 11.2 Å². The van der Waals surface area contributed by atoms with Gasteiger partial charge in [-0.3, -0.25) is 4.57 Å². The number of nitrogens with one attached hydrogen (secondary N) is 2. The lowest BCUT2D eigenvalue weighted by atomic mass is 9.77. The van der Waals surface area contributed by atoms with E-state index in [2.05, 4.69) is 20.6 Å². The lowest BCUT2D eigenvalue weighted by Crippen LogP contribution is -2.37. The van der Waals surface area contributed by atoms with E-state index in [9.17, 15) is 13.9 Å². The van der Waals surface area contributed by atoms with Crippen molar-refractivity contribution in [2.45, 2.75) is 63.6 Å². The fourth-order valence-corrected chi connectivity index (χ4v) is 4.96. The highest BCUT2D eigenvalue weighted by Crippen LogP contribution is 2.34. The van der Waals surface area contributed by atoms with E-state index in [-0.39, 0.29) is 17.8 Å². The number of anilines is 3. The van der Waals surface area contributed by atoms with Crippen molar-refractivity contribution in [1.82, 2.24) is 19.5 Å². The zero-order valence-electron chi connectivity index (χ0n) is 19.4. The van der Waals surface area contributed by atoms with Crippen molar-refractivity contribution in [2.24, 2.45) is 5.92 Å². The maximum absolute atomic E-state index is 14.3. The first-order valence-corrected chi connectivity index (χ1v) is 11.8. The first kappa shape index (κ1) is 22.9. The van der Waals surface area contributed by atoms with Crippen LogP contribution in [0, 0.1) is 17.6 Å². The maximum Gasteiger partial charge on any atom is 0.224 e. The predicted octanol–water partition coefficient (Wildman–Crippen LogP) is 4.55. The summed E-state index contributed by atoms with van der Waals surface area (Å²) in [5.41, 5.74) is 0.673. The van der Waals surface area contributed by atoms with Crippen molar-refractivity contribution in [1.29, 1.82) is 0 Å². The van der Waals surface area contributed by atoms with Gasteiger partial charge < -0.3 is 20.5 Å². The van der Waals surface area contributed by atoms with E-state index in [1.54, 1.807) is 6.20 Å². The molecule has 1 atom stereocenters. The minimum absolute atomic E-state index is 0.0130. The Morgan fingerprint density at radius 1 is 1.12 bits per heavy atom. The van der Waals surface area contributed by atoms with Gasteiger partial charge in [0.1, 0.15) is 17.2 Å². The summed E-state index contributed by atoms with van der Waals surface area (Å²) in [6, 6.07) is 3.60. The number of nitrogens with zero attached hydrogens (tertiary/aromatic N) is 4. The Labute approximate surface area is 196 Å². The minimum atomic E-state index is -0.698. The maximum atomic E-state index is 14.3. The number of aliphatic hydroxyl groups is 1. The van der Waals surface area contributed by atoms with Crippen LogP contribution in [0.3, 0.4) is 0 Å². The van der Waals surface area contributed by atoms with Crippen LogP contribution in [0.15, 0.2) is 24.4 Å². The van der Waals surface area contributed by atoms with Crippen molar-refractivity contribution < 1.29 is 18.6 Å². The Morgan fingerprint density at radius 2 is 1.91 bits per heavy atom. The third kappa shape index (κ3) is 4.69. The van der Waals surface area contributed by atoms with Gasteiger partial charge in [0.2, 0.25) is 11.9 Å². The average molecular weight is 473 g/mol. The van der Waals surface area contributed by atoms with Crippen molar-refractivity contribution in [3.8, 4) is 0 Å². The van der Waals surface area contributed by atoms with Crippen LogP contribution in [0.1, 0.15) is 52.0 Å². The molecule has 3 heterocycles. The molecule has 5 rings (SSSR count). The van der Waals surface area contributed by atoms with Crippen LogP contribution in [0.5, 0.6) is 0 Å². The van der Waals surface area contributed by atoms with Gasteiger partial charge in [-0.15, -0.1) is 0 Å². The molecule has 0 spiro atoms. The van der Waals surface area contributed by atoms with Crippen LogP contribution in [0.2, 0.25) is 0 Å². The number of hydrogen-bond acceptors (Lipinski definition) is 7. The number of ether oxygens (including phenoxy) is 1. The smallest absolute Gasteiger partial charge is 0.224 e. The van der Waals surface area contributed by atoms with Gasteiger partial charge in [-0.2, -0.15) is 4.98 Å².